The van der Waals surface area contributed by atoms with Gasteiger partial charge in [0.1, 0.15) is 0 Å². The largest absolute Gasteiger partial charge is 1.00 e. The molecular weight excluding hydrogens is 284 g/mol. The average Bonchev–Trinajstić information content (AvgIpc) is 2.14. The molecule has 0 saturated carbocycles. The van der Waals surface area contributed by atoms with E-state index in [0.29, 0.717) is 10.9 Å². The predicted molar refractivity (Wildman–Crippen MR) is 53.3 cm³/mol. The molecule has 0 unspecified atom stereocenters. The molecule has 1 aromatic carbocycles. The van der Waals surface area contributed by atoms with E-state index in [1.54, 1.807) is 24.3 Å². The summed E-state index contributed by atoms with van der Waals surface area (Å²) in [5.41, 5.74) is -0.104. The number of hydrogen-bond acceptors (Lipinski definition) is 3. The van der Waals surface area contributed by atoms with Crippen molar-refractivity contribution < 1.29 is 73.1 Å². The second-order valence-corrected chi connectivity index (χ2v) is 2.84. The second-order valence-electron chi connectivity index (χ2n) is 2.84. The van der Waals surface area contributed by atoms with Crippen LogP contribution in [0.4, 0.5) is 17.3 Å². The topological polar surface area (TPSA) is 63.1 Å². The number of benzene rings is 1. The molecule has 0 aliphatic rings. The van der Waals surface area contributed by atoms with Crippen LogP contribution in [-0.2, 0) is 0 Å². The number of para-hydroxylation sites is 1. The van der Waals surface area contributed by atoms with Gasteiger partial charge in [-0.2, -0.15) is 0 Å². The Hall–Kier alpha value is -0.419. The molecular formula is C8H5BF4KNO3. The van der Waals surface area contributed by atoms with Crippen LogP contribution >= 0.6 is 0 Å². The third-order valence-corrected chi connectivity index (χ3v) is 1.57. The molecule has 1 heterocycles. The minimum Gasteiger partial charge on any atom is -0.418 e. The van der Waals surface area contributed by atoms with Crippen LogP contribution in [0.1, 0.15) is 0 Å². The molecule has 0 radical (unpaired) electrons. The SMILES string of the molecule is F[B-](F)(F)F.O=c1[nH]c2ccccc2c(=O)o1.[K+]. The van der Waals surface area contributed by atoms with Crippen LogP contribution in [0.3, 0.4) is 0 Å². The fourth-order valence-electron chi connectivity index (χ4n) is 1.04. The summed E-state index contributed by atoms with van der Waals surface area (Å²) in [5, 5.41) is 0.386. The Labute approximate surface area is 140 Å². The van der Waals surface area contributed by atoms with Crippen molar-refractivity contribution in [3.8, 4) is 0 Å². The molecule has 2 rings (SSSR count). The molecule has 92 valence electrons. The first-order valence-corrected chi connectivity index (χ1v) is 4.27. The maximum Gasteiger partial charge on any atom is 1.00 e. The summed E-state index contributed by atoms with van der Waals surface area (Å²) >= 11 is 0. The van der Waals surface area contributed by atoms with Gasteiger partial charge in [0.25, 0.3) is 0 Å². The van der Waals surface area contributed by atoms with Crippen LogP contribution in [0.5, 0.6) is 0 Å². The number of aromatic nitrogens is 1. The van der Waals surface area contributed by atoms with Gasteiger partial charge < -0.3 is 21.7 Å². The predicted octanol–water partition coefficient (Wildman–Crippen LogP) is -1.21. The summed E-state index contributed by atoms with van der Waals surface area (Å²) in [6.45, 7) is 0. The van der Waals surface area contributed by atoms with E-state index in [0.717, 1.165) is 0 Å². The van der Waals surface area contributed by atoms with E-state index in [4.69, 9.17) is 0 Å². The van der Waals surface area contributed by atoms with Gasteiger partial charge in [-0.05, 0) is 12.1 Å². The standard InChI is InChI=1S/C8H5NO3.BF4.K/c10-7-5-3-1-2-4-6(5)9-8(11)12-7;2-1(3,4)5;/h1-4H,(H,9,11);;/q;-1;+1. The van der Waals surface area contributed by atoms with Gasteiger partial charge in [0, 0.05) is 0 Å². The number of aromatic amines is 1. The Morgan fingerprint density at radius 1 is 1.06 bits per heavy atom. The molecule has 0 aliphatic carbocycles. The number of halogens is 4. The van der Waals surface area contributed by atoms with Crippen molar-refractivity contribution in [1.29, 1.82) is 0 Å². The number of H-pyrrole nitrogens is 1. The molecule has 0 spiro atoms. The van der Waals surface area contributed by atoms with Crippen LogP contribution in [0.15, 0.2) is 38.3 Å². The van der Waals surface area contributed by atoms with Gasteiger partial charge in [-0.25, -0.2) is 9.59 Å². The van der Waals surface area contributed by atoms with Crippen LogP contribution < -0.4 is 62.8 Å². The fraction of sp³-hybridized carbons (Fsp3) is 0. The summed E-state index contributed by atoms with van der Waals surface area (Å²) in [6, 6.07) is 6.68. The van der Waals surface area contributed by atoms with Crippen molar-refractivity contribution in [3.05, 3.63) is 45.2 Å². The van der Waals surface area contributed by atoms with Gasteiger partial charge >= 0.3 is 70.0 Å². The van der Waals surface area contributed by atoms with E-state index in [1.165, 1.54) is 0 Å². The molecule has 1 N–H and O–H groups in total. The quantitative estimate of drug-likeness (QED) is 0.489. The first kappa shape index (κ1) is 17.6. The van der Waals surface area contributed by atoms with Gasteiger partial charge in [-0.1, -0.05) is 12.1 Å². The van der Waals surface area contributed by atoms with Crippen LogP contribution in [0.25, 0.3) is 10.9 Å². The summed E-state index contributed by atoms with van der Waals surface area (Å²) in [7, 11) is -6.00. The number of hydrogen-bond donors (Lipinski definition) is 1. The second kappa shape index (κ2) is 7.24. The number of fused-ring (bicyclic) bond motifs is 1. The van der Waals surface area contributed by atoms with Gasteiger partial charge in [0.2, 0.25) is 0 Å². The molecule has 1 aromatic heterocycles. The molecule has 0 atom stereocenters. The van der Waals surface area contributed by atoms with Crippen LogP contribution in [0, 0.1) is 0 Å². The summed E-state index contributed by atoms with van der Waals surface area (Å²) in [5.74, 6) is -0.723. The zero-order valence-corrected chi connectivity index (χ0v) is 12.2. The van der Waals surface area contributed by atoms with Crippen LogP contribution in [-0.4, -0.2) is 12.2 Å². The maximum absolute atomic E-state index is 11.0. The Kier molecular flexibility index (Phi) is 7.07. The normalized spacial score (nSPS) is 10.2. The fourth-order valence-corrected chi connectivity index (χ4v) is 1.04. The van der Waals surface area contributed by atoms with Crippen molar-refractivity contribution in [2.45, 2.75) is 0 Å². The van der Waals surface area contributed by atoms with E-state index in [-0.39, 0.29) is 51.4 Å². The first-order chi connectivity index (χ1) is 7.77. The Bertz CT molecular complexity index is 618. The first-order valence-electron chi connectivity index (χ1n) is 4.27. The van der Waals surface area contributed by atoms with Gasteiger partial charge in [0.05, 0.1) is 10.9 Å². The smallest absolute Gasteiger partial charge is 0.418 e. The average molecular weight is 289 g/mol. The molecule has 0 fully saturated rings. The Morgan fingerprint density at radius 3 is 2.11 bits per heavy atom. The maximum atomic E-state index is 11.0. The number of nitrogens with one attached hydrogen (secondary N) is 1. The zero-order valence-electron chi connectivity index (χ0n) is 9.12. The van der Waals surface area contributed by atoms with E-state index in [2.05, 4.69) is 9.40 Å². The molecule has 0 amide bonds. The minimum absolute atomic E-state index is 0. The van der Waals surface area contributed by atoms with E-state index < -0.39 is 18.6 Å². The van der Waals surface area contributed by atoms with E-state index >= 15 is 0 Å². The molecule has 18 heavy (non-hydrogen) atoms. The molecule has 0 bridgehead atoms. The van der Waals surface area contributed by atoms with E-state index in [1.807, 2.05) is 0 Å². The van der Waals surface area contributed by atoms with Crippen LogP contribution in [0.2, 0.25) is 0 Å². The molecule has 10 heteroatoms. The van der Waals surface area contributed by atoms with Crippen molar-refractivity contribution in [1.82, 2.24) is 4.98 Å². The summed E-state index contributed by atoms with van der Waals surface area (Å²) in [6.07, 6.45) is 0. The van der Waals surface area contributed by atoms with Crippen molar-refractivity contribution >= 4 is 18.2 Å². The number of rotatable bonds is 0. The molecule has 4 nitrogen and oxygen atoms in total. The Balaban J connectivity index is 0.000000421. The molecule has 0 aliphatic heterocycles. The monoisotopic (exact) mass is 289 g/mol. The third-order valence-electron chi connectivity index (χ3n) is 1.57. The summed E-state index contributed by atoms with van der Waals surface area (Å²) < 4.78 is 43.3. The minimum atomic E-state index is -6.00. The third kappa shape index (κ3) is 6.50. The van der Waals surface area contributed by atoms with Crippen molar-refractivity contribution in [2.75, 3.05) is 0 Å². The van der Waals surface area contributed by atoms with Gasteiger partial charge in [-0.15, -0.1) is 0 Å². The molecule has 2 aromatic rings. The molecule has 0 saturated heterocycles. The van der Waals surface area contributed by atoms with Crippen molar-refractivity contribution in [3.63, 3.8) is 0 Å². The Morgan fingerprint density at radius 2 is 1.56 bits per heavy atom. The van der Waals surface area contributed by atoms with Gasteiger partial charge in [-0.3, -0.25) is 4.98 Å². The van der Waals surface area contributed by atoms with Gasteiger partial charge in [0.15, 0.2) is 0 Å². The van der Waals surface area contributed by atoms with E-state index in [9.17, 15) is 26.9 Å². The zero-order chi connectivity index (χ0) is 13.1. The summed E-state index contributed by atoms with van der Waals surface area (Å²) in [4.78, 5) is 24.1. The van der Waals surface area contributed by atoms with Crippen molar-refractivity contribution in [2.24, 2.45) is 0 Å².